The molecule has 0 N–H and O–H groups in total. The molecule has 0 heterocycles. The monoisotopic (exact) mass is 332 g/mol. The minimum Gasteiger partial charge on any atom is -0.0629 e. The Bertz CT molecular complexity index is 744. The lowest BCUT2D eigenvalue weighted by Gasteiger charge is -2.39. The van der Waals surface area contributed by atoms with Crippen molar-refractivity contribution in [3.63, 3.8) is 0 Å². The zero-order valence-corrected chi connectivity index (χ0v) is 16.7. The minimum absolute atomic E-state index is 0.186. The average molecular weight is 333 g/mol. The van der Waals surface area contributed by atoms with Gasteiger partial charge in [0, 0.05) is 5.04 Å². The fraction of sp³-hybridized carbons (Fsp3) is 0.304. The third-order valence-corrected chi connectivity index (χ3v) is 10.2. The SMILES string of the molecule is CCC1=C(C)C(C)=C(C)C1(C)[SiH](c1ccccc1)c1ccccc1. The Morgan fingerprint density at radius 3 is 1.62 bits per heavy atom. The average Bonchev–Trinajstić information content (AvgIpc) is 2.78. The summed E-state index contributed by atoms with van der Waals surface area (Å²) in [4.78, 5) is 0. The van der Waals surface area contributed by atoms with E-state index in [1.807, 2.05) is 0 Å². The first-order valence-corrected chi connectivity index (χ1v) is 10.7. The fourth-order valence-electron chi connectivity index (χ4n) is 4.69. The molecule has 2 aromatic rings. The second-order valence-electron chi connectivity index (χ2n) is 7.16. The van der Waals surface area contributed by atoms with Crippen LogP contribution in [0.1, 0.15) is 41.0 Å². The molecule has 0 aromatic heterocycles. The van der Waals surface area contributed by atoms with Crippen molar-refractivity contribution in [2.24, 2.45) is 0 Å². The Hall–Kier alpha value is -1.86. The molecule has 3 rings (SSSR count). The van der Waals surface area contributed by atoms with E-state index in [2.05, 4.69) is 95.3 Å². The molecular formula is C23H28Si. The summed E-state index contributed by atoms with van der Waals surface area (Å²) in [6, 6.07) is 22.4. The molecule has 2 aromatic carbocycles. The summed E-state index contributed by atoms with van der Waals surface area (Å²) in [5.74, 6) is 0. The van der Waals surface area contributed by atoms with Crippen molar-refractivity contribution in [3.8, 4) is 0 Å². The first-order chi connectivity index (χ1) is 11.5. The van der Waals surface area contributed by atoms with Crippen LogP contribution in [0.25, 0.3) is 0 Å². The fourth-order valence-corrected chi connectivity index (χ4v) is 9.04. The highest BCUT2D eigenvalue weighted by Gasteiger charge is 2.46. The Kier molecular flexibility index (Phi) is 4.64. The first kappa shape index (κ1) is 17.0. The highest BCUT2D eigenvalue weighted by molar-refractivity contribution is 6.88. The van der Waals surface area contributed by atoms with Gasteiger partial charge in [0.2, 0.25) is 0 Å². The molecule has 1 heteroatoms. The van der Waals surface area contributed by atoms with Crippen molar-refractivity contribution >= 4 is 19.2 Å². The van der Waals surface area contributed by atoms with Crippen LogP contribution in [0.4, 0.5) is 0 Å². The summed E-state index contributed by atoms with van der Waals surface area (Å²) in [5.41, 5.74) is 6.28. The second kappa shape index (κ2) is 6.56. The van der Waals surface area contributed by atoms with Gasteiger partial charge in [0.25, 0.3) is 0 Å². The van der Waals surface area contributed by atoms with Gasteiger partial charge in [-0.15, -0.1) is 0 Å². The Labute approximate surface area is 148 Å². The van der Waals surface area contributed by atoms with Crippen LogP contribution >= 0.6 is 0 Å². The van der Waals surface area contributed by atoms with Gasteiger partial charge >= 0.3 is 0 Å². The van der Waals surface area contributed by atoms with Crippen molar-refractivity contribution < 1.29 is 0 Å². The van der Waals surface area contributed by atoms with E-state index in [-0.39, 0.29) is 5.04 Å². The lowest BCUT2D eigenvalue weighted by atomic mass is 9.94. The number of hydrogen-bond donors (Lipinski definition) is 0. The maximum absolute atomic E-state index is 2.51. The van der Waals surface area contributed by atoms with Crippen molar-refractivity contribution in [2.75, 3.05) is 0 Å². The van der Waals surface area contributed by atoms with Crippen LogP contribution in [-0.2, 0) is 0 Å². The minimum atomic E-state index is -1.44. The third-order valence-electron chi connectivity index (χ3n) is 6.18. The van der Waals surface area contributed by atoms with Gasteiger partial charge in [0.1, 0.15) is 8.80 Å². The van der Waals surface area contributed by atoms with Crippen molar-refractivity contribution in [1.82, 2.24) is 0 Å². The molecule has 1 aliphatic carbocycles. The predicted molar refractivity (Wildman–Crippen MR) is 109 cm³/mol. The quantitative estimate of drug-likeness (QED) is 0.701. The van der Waals surface area contributed by atoms with Gasteiger partial charge in [-0.2, -0.15) is 0 Å². The molecule has 1 unspecified atom stereocenters. The van der Waals surface area contributed by atoms with Gasteiger partial charge in [-0.05, 0) is 38.3 Å². The Balaban J connectivity index is 2.27. The Morgan fingerprint density at radius 1 is 0.750 bits per heavy atom. The number of benzene rings is 2. The van der Waals surface area contributed by atoms with E-state index in [0.29, 0.717) is 0 Å². The highest BCUT2D eigenvalue weighted by atomic mass is 28.3. The van der Waals surface area contributed by atoms with Gasteiger partial charge < -0.3 is 0 Å². The molecule has 0 spiro atoms. The van der Waals surface area contributed by atoms with Gasteiger partial charge in [-0.3, -0.25) is 0 Å². The molecule has 1 aliphatic rings. The zero-order valence-electron chi connectivity index (χ0n) is 15.6. The summed E-state index contributed by atoms with van der Waals surface area (Å²) in [5, 5.41) is 3.27. The van der Waals surface area contributed by atoms with Gasteiger partial charge in [-0.25, -0.2) is 0 Å². The first-order valence-electron chi connectivity index (χ1n) is 9.00. The number of hydrogen-bond acceptors (Lipinski definition) is 0. The second-order valence-corrected chi connectivity index (χ2v) is 10.5. The molecule has 0 bridgehead atoms. The molecule has 0 radical (unpaired) electrons. The number of allylic oxidation sites excluding steroid dienone is 4. The van der Waals surface area contributed by atoms with Crippen molar-refractivity contribution in [2.45, 2.75) is 46.1 Å². The van der Waals surface area contributed by atoms with Crippen LogP contribution < -0.4 is 10.4 Å². The van der Waals surface area contributed by atoms with Gasteiger partial charge in [-0.1, -0.05) is 96.0 Å². The molecule has 24 heavy (non-hydrogen) atoms. The molecule has 0 aliphatic heterocycles. The molecule has 0 saturated carbocycles. The van der Waals surface area contributed by atoms with Crippen LogP contribution in [0.2, 0.25) is 5.04 Å². The molecule has 0 amide bonds. The van der Waals surface area contributed by atoms with Crippen molar-refractivity contribution in [3.05, 3.63) is 83.0 Å². The summed E-state index contributed by atoms with van der Waals surface area (Å²) < 4.78 is 0. The molecule has 0 nitrogen and oxygen atoms in total. The van der Waals surface area contributed by atoms with Gasteiger partial charge in [0.05, 0.1) is 0 Å². The molecular weight excluding hydrogens is 304 g/mol. The summed E-state index contributed by atoms with van der Waals surface area (Å²) in [6.07, 6.45) is 1.14. The van der Waals surface area contributed by atoms with Crippen LogP contribution in [0.5, 0.6) is 0 Å². The normalized spacial score (nSPS) is 21.1. The summed E-state index contributed by atoms with van der Waals surface area (Å²) in [7, 11) is -1.44. The lowest BCUT2D eigenvalue weighted by molar-refractivity contribution is 0.783. The largest absolute Gasteiger partial charge is 0.116 e. The predicted octanol–water partition coefficient (Wildman–Crippen LogP) is 4.86. The molecule has 0 fully saturated rings. The van der Waals surface area contributed by atoms with Crippen LogP contribution in [0.3, 0.4) is 0 Å². The van der Waals surface area contributed by atoms with Crippen LogP contribution in [-0.4, -0.2) is 8.80 Å². The highest BCUT2D eigenvalue weighted by Crippen LogP contribution is 2.55. The van der Waals surface area contributed by atoms with Gasteiger partial charge in [0.15, 0.2) is 0 Å². The zero-order chi connectivity index (χ0) is 17.3. The maximum atomic E-state index is 2.51. The third kappa shape index (κ3) is 2.52. The van der Waals surface area contributed by atoms with E-state index in [1.165, 1.54) is 11.1 Å². The molecule has 124 valence electrons. The van der Waals surface area contributed by atoms with Crippen LogP contribution in [0.15, 0.2) is 83.0 Å². The van der Waals surface area contributed by atoms with Crippen LogP contribution in [0, 0.1) is 0 Å². The smallest absolute Gasteiger partial charge is 0.0629 e. The van der Waals surface area contributed by atoms with Crippen molar-refractivity contribution in [1.29, 1.82) is 0 Å². The number of rotatable bonds is 4. The topological polar surface area (TPSA) is 0 Å². The van der Waals surface area contributed by atoms with E-state index < -0.39 is 8.80 Å². The standard InChI is InChI=1S/C23H28Si/c1-6-22-18(3)17(2)19(4)23(22,5)24(20-13-9-7-10-14-20)21-15-11-8-12-16-21/h7-16,24H,6H2,1-5H3. The van der Waals surface area contributed by atoms with E-state index in [0.717, 1.165) is 6.42 Å². The molecule has 0 saturated heterocycles. The van der Waals surface area contributed by atoms with E-state index in [9.17, 15) is 0 Å². The summed E-state index contributed by atoms with van der Waals surface area (Å²) in [6.45, 7) is 11.8. The molecule has 1 atom stereocenters. The summed E-state index contributed by atoms with van der Waals surface area (Å²) >= 11 is 0. The lowest BCUT2D eigenvalue weighted by Crippen LogP contribution is -2.51. The maximum Gasteiger partial charge on any atom is 0.116 e. The Morgan fingerprint density at radius 2 is 1.21 bits per heavy atom. The van der Waals surface area contributed by atoms with E-state index in [1.54, 1.807) is 21.5 Å². The van der Waals surface area contributed by atoms with E-state index >= 15 is 0 Å². The van der Waals surface area contributed by atoms with E-state index in [4.69, 9.17) is 0 Å².